The maximum atomic E-state index is 12.8. The standard InChI is InChI=1S/C22H26N2O4/c1-3-13-28-19-12-9-15(14-20(19)27-4-2)21(25)24-18-8-6-5-7-17(18)22(26)23-16-10-11-16/h5-9,12,14,16H,3-4,10-11,13H2,1-2H3,(H,23,26)(H,24,25). The topological polar surface area (TPSA) is 76.7 Å². The zero-order valence-corrected chi connectivity index (χ0v) is 16.3. The fourth-order valence-corrected chi connectivity index (χ4v) is 2.72. The van der Waals surface area contributed by atoms with E-state index in [2.05, 4.69) is 10.6 Å². The molecular weight excluding hydrogens is 356 g/mol. The average Bonchev–Trinajstić information content (AvgIpc) is 3.51. The number of carbonyl (C=O) groups is 2. The Kier molecular flexibility index (Phi) is 6.53. The van der Waals surface area contributed by atoms with Crippen LogP contribution in [0.1, 0.15) is 53.8 Å². The smallest absolute Gasteiger partial charge is 0.255 e. The molecule has 2 aromatic rings. The van der Waals surface area contributed by atoms with E-state index in [9.17, 15) is 9.59 Å². The minimum absolute atomic E-state index is 0.170. The van der Waals surface area contributed by atoms with Crippen LogP contribution in [0.4, 0.5) is 5.69 Å². The lowest BCUT2D eigenvalue weighted by Gasteiger charge is -2.14. The Labute approximate surface area is 165 Å². The second-order valence-electron chi connectivity index (χ2n) is 6.69. The Morgan fingerprint density at radius 2 is 1.79 bits per heavy atom. The van der Waals surface area contributed by atoms with Gasteiger partial charge < -0.3 is 20.1 Å². The number of hydrogen-bond donors (Lipinski definition) is 2. The number of ether oxygens (including phenoxy) is 2. The van der Waals surface area contributed by atoms with Gasteiger partial charge in [-0.25, -0.2) is 0 Å². The molecule has 1 aliphatic rings. The van der Waals surface area contributed by atoms with Crippen molar-refractivity contribution in [1.29, 1.82) is 0 Å². The first-order valence-corrected chi connectivity index (χ1v) is 9.73. The van der Waals surface area contributed by atoms with Gasteiger partial charge in [-0.05, 0) is 56.5 Å². The lowest BCUT2D eigenvalue weighted by atomic mass is 10.1. The molecule has 0 aromatic heterocycles. The molecule has 6 nitrogen and oxygen atoms in total. The van der Waals surface area contributed by atoms with E-state index in [4.69, 9.17) is 9.47 Å². The Bertz CT molecular complexity index is 846. The molecule has 2 aromatic carbocycles. The number of amides is 2. The van der Waals surface area contributed by atoms with Gasteiger partial charge in [0.2, 0.25) is 0 Å². The molecule has 1 aliphatic carbocycles. The van der Waals surface area contributed by atoms with Crippen LogP contribution in [0.2, 0.25) is 0 Å². The predicted octanol–water partition coefficient (Wildman–Crippen LogP) is 4.02. The van der Waals surface area contributed by atoms with E-state index in [0.29, 0.717) is 41.5 Å². The Hall–Kier alpha value is -3.02. The normalized spacial score (nSPS) is 12.9. The van der Waals surface area contributed by atoms with Crippen molar-refractivity contribution in [3.05, 3.63) is 53.6 Å². The van der Waals surface area contributed by atoms with Crippen molar-refractivity contribution in [3.8, 4) is 11.5 Å². The Balaban J connectivity index is 1.77. The second kappa shape index (κ2) is 9.26. The summed E-state index contributed by atoms with van der Waals surface area (Å²) in [4.78, 5) is 25.2. The quantitative estimate of drug-likeness (QED) is 0.687. The summed E-state index contributed by atoms with van der Waals surface area (Å²) >= 11 is 0. The van der Waals surface area contributed by atoms with Gasteiger partial charge >= 0.3 is 0 Å². The van der Waals surface area contributed by atoms with Crippen LogP contribution >= 0.6 is 0 Å². The Morgan fingerprint density at radius 3 is 2.50 bits per heavy atom. The summed E-state index contributed by atoms with van der Waals surface area (Å²) in [5, 5.41) is 5.79. The number of hydrogen-bond acceptors (Lipinski definition) is 4. The van der Waals surface area contributed by atoms with Gasteiger partial charge in [0.25, 0.3) is 11.8 Å². The highest BCUT2D eigenvalue weighted by molar-refractivity contribution is 6.09. The highest BCUT2D eigenvalue weighted by Crippen LogP contribution is 2.29. The molecule has 28 heavy (non-hydrogen) atoms. The summed E-state index contributed by atoms with van der Waals surface area (Å²) in [6.45, 7) is 4.96. The van der Waals surface area contributed by atoms with E-state index >= 15 is 0 Å². The maximum Gasteiger partial charge on any atom is 0.255 e. The van der Waals surface area contributed by atoms with Gasteiger partial charge in [0.1, 0.15) is 0 Å². The number of carbonyl (C=O) groups excluding carboxylic acids is 2. The van der Waals surface area contributed by atoms with Crippen molar-refractivity contribution in [2.24, 2.45) is 0 Å². The molecule has 0 bridgehead atoms. The van der Waals surface area contributed by atoms with E-state index < -0.39 is 0 Å². The largest absolute Gasteiger partial charge is 0.490 e. The Morgan fingerprint density at radius 1 is 1.00 bits per heavy atom. The zero-order valence-electron chi connectivity index (χ0n) is 16.3. The molecule has 0 aliphatic heterocycles. The van der Waals surface area contributed by atoms with E-state index in [1.807, 2.05) is 13.8 Å². The molecule has 0 radical (unpaired) electrons. The minimum atomic E-state index is -0.310. The first kappa shape index (κ1) is 19.7. The van der Waals surface area contributed by atoms with Crippen LogP contribution in [0, 0.1) is 0 Å². The third-order valence-corrected chi connectivity index (χ3v) is 4.30. The summed E-state index contributed by atoms with van der Waals surface area (Å²) in [7, 11) is 0. The van der Waals surface area contributed by atoms with Crippen LogP contribution in [-0.4, -0.2) is 31.1 Å². The van der Waals surface area contributed by atoms with Crippen LogP contribution in [0.25, 0.3) is 0 Å². The molecule has 1 saturated carbocycles. The molecule has 148 valence electrons. The summed E-state index contributed by atoms with van der Waals surface area (Å²) in [6, 6.07) is 12.3. The molecule has 6 heteroatoms. The van der Waals surface area contributed by atoms with E-state index in [0.717, 1.165) is 19.3 Å². The first-order chi connectivity index (χ1) is 13.6. The fourth-order valence-electron chi connectivity index (χ4n) is 2.72. The molecule has 2 amide bonds. The zero-order chi connectivity index (χ0) is 19.9. The van der Waals surface area contributed by atoms with Crippen LogP contribution in [0.5, 0.6) is 11.5 Å². The summed E-state index contributed by atoms with van der Waals surface area (Å²) in [5.41, 5.74) is 1.37. The summed E-state index contributed by atoms with van der Waals surface area (Å²) in [6.07, 6.45) is 2.90. The molecule has 0 atom stereocenters. The lowest BCUT2D eigenvalue weighted by molar-refractivity contribution is 0.0952. The van der Waals surface area contributed by atoms with Crippen molar-refractivity contribution in [2.45, 2.75) is 39.2 Å². The number of rotatable bonds is 9. The van der Waals surface area contributed by atoms with Crippen molar-refractivity contribution < 1.29 is 19.1 Å². The molecule has 2 N–H and O–H groups in total. The third kappa shape index (κ3) is 5.03. The van der Waals surface area contributed by atoms with Crippen LogP contribution in [0.3, 0.4) is 0 Å². The molecule has 0 unspecified atom stereocenters. The maximum absolute atomic E-state index is 12.8. The highest BCUT2D eigenvalue weighted by atomic mass is 16.5. The van der Waals surface area contributed by atoms with Crippen LogP contribution in [-0.2, 0) is 0 Å². The number of anilines is 1. The minimum Gasteiger partial charge on any atom is -0.490 e. The average molecular weight is 382 g/mol. The molecule has 0 spiro atoms. The SMILES string of the molecule is CCCOc1ccc(C(=O)Nc2ccccc2C(=O)NC2CC2)cc1OCC. The molecule has 0 heterocycles. The second-order valence-corrected chi connectivity index (χ2v) is 6.69. The molecular formula is C22H26N2O4. The van der Waals surface area contributed by atoms with Crippen molar-refractivity contribution in [3.63, 3.8) is 0 Å². The monoisotopic (exact) mass is 382 g/mol. The van der Waals surface area contributed by atoms with E-state index in [1.54, 1.807) is 42.5 Å². The van der Waals surface area contributed by atoms with Crippen LogP contribution < -0.4 is 20.1 Å². The summed E-state index contributed by atoms with van der Waals surface area (Å²) in [5.74, 6) is 0.666. The van der Waals surface area contributed by atoms with Crippen molar-refractivity contribution in [1.82, 2.24) is 5.32 Å². The molecule has 0 saturated heterocycles. The predicted molar refractivity (Wildman–Crippen MR) is 108 cm³/mol. The number of nitrogens with one attached hydrogen (secondary N) is 2. The van der Waals surface area contributed by atoms with Crippen molar-refractivity contribution in [2.75, 3.05) is 18.5 Å². The van der Waals surface area contributed by atoms with Gasteiger partial charge in [0, 0.05) is 11.6 Å². The fraction of sp³-hybridized carbons (Fsp3) is 0.364. The van der Waals surface area contributed by atoms with E-state index in [-0.39, 0.29) is 17.9 Å². The van der Waals surface area contributed by atoms with Gasteiger partial charge in [0.05, 0.1) is 24.5 Å². The van der Waals surface area contributed by atoms with Gasteiger partial charge in [-0.1, -0.05) is 19.1 Å². The molecule has 1 fully saturated rings. The third-order valence-electron chi connectivity index (χ3n) is 4.30. The van der Waals surface area contributed by atoms with Gasteiger partial charge in [-0.15, -0.1) is 0 Å². The van der Waals surface area contributed by atoms with Crippen LogP contribution in [0.15, 0.2) is 42.5 Å². The van der Waals surface area contributed by atoms with E-state index in [1.165, 1.54) is 0 Å². The summed E-state index contributed by atoms with van der Waals surface area (Å²) < 4.78 is 11.3. The van der Waals surface area contributed by atoms with Gasteiger partial charge in [0.15, 0.2) is 11.5 Å². The number of para-hydroxylation sites is 1. The van der Waals surface area contributed by atoms with Gasteiger partial charge in [-0.2, -0.15) is 0 Å². The van der Waals surface area contributed by atoms with Crippen molar-refractivity contribution >= 4 is 17.5 Å². The number of benzene rings is 2. The first-order valence-electron chi connectivity index (χ1n) is 9.73. The highest BCUT2D eigenvalue weighted by Gasteiger charge is 2.25. The lowest BCUT2D eigenvalue weighted by Crippen LogP contribution is -2.27. The van der Waals surface area contributed by atoms with Gasteiger partial charge in [-0.3, -0.25) is 9.59 Å². The molecule has 3 rings (SSSR count).